The van der Waals surface area contributed by atoms with E-state index in [1.807, 2.05) is 18.2 Å². The van der Waals surface area contributed by atoms with Crippen molar-refractivity contribution in [2.24, 2.45) is 17.6 Å². The van der Waals surface area contributed by atoms with Crippen LogP contribution < -0.4 is 27.6 Å². The van der Waals surface area contributed by atoms with Crippen molar-refractivity contribution in [1.29, 1.82) is 0 Å². The van der Waals surface area contributed by atoms with Crippen molar-refractivity contribution >= 4 is 44.3 Å². The highest BCUT2D eigenvalue weighted by atomic mass is 35.5. The summed E-state index contributed by atoms with van der Waals surface area (Å²) in [5, 5.41) is 23.9. The van der Waals surface area contributed by atoms with Crippen LogP contribution in [0.1, 0.15) is 19.4 Å². The first-order valence-electron chi connectivity index (χ1n) is 14.8. The van der Waals surface area contributed by atoms with Gasteiger partial charge in [-0.3, -0.25) is 13.9 Å². The molecule has 4 atom stereocenters. The number of sulfonamides is 1. The largest absolute Gasteiger partial charge is 1.00 e. The summed E-state index contributed by atoms with van der Waals surface area (Å²) in [4.78, 5) is 38.1. The Morgan fingerprint density at radius 1 is 1.09 bits per heavy atom. The number of anilines is 1. The fraction of sp³-hybridized carbons (Fsp3) is 0.500. The number of aliphatic carboxylic acids is 1. The number of carbonyl (C=O) groups is 3. The number of fused-ring (bicyclic) bond motifs is 4. The lowest BCUT2D eigenvalue weighted by atomic mass is 9.78. The number of halogens is 1. The summed E-state index contributed by atoms with van der Waals surface area (Å²) < 4.78 is 30.8. The number of quaternary nitrogens is 2. The molecule has 2 aromatic rings. The summed E-state index contributed by atoms with van der Waals surface area (Å²) >= 11 is 0. The Balaban J connectivity index is 0.00000343. The highest BCUT2D eigenvalue weighted by Gasteiger charge is 2.59. The zero-order valence-electron chi connectivity index (χ0n) is 24.6. The number of carboxylic acids is 1. The van der Waals surface area contributed by atoms with Crippen molar-refractivity contribution in [3.8, 4) is 0 Å². The average molecular weight is 646 g/mol. The third kappa shape index (κ3) is 4.20. The van der Waals surface area contributed by atoms with Gasteiger partial charge in [-0.05, 0) is 30.0 Å². The van der Waals surface area contributed by atoms with Crippen LogP contribution in [-0.2, 0) is 31.0 Å². The quantitative estimate of drug-likeness (QED) is 0.218. The molecule has 14 heteroatoms. The Hall–Kier alpha value is -3.23. The molecule has 0 aliphatic carbocycles. The van der Waals surface area contributed by atoms with Crippen LogP contribution in [0.15, 0.2) is 46.5 Å². The average Bonchev–Trinajstić information content (AvgIpc) is 3.32. The molecule has 0 saturated carbocycles. The topological polar surface area (TPSA) is 161 Å². The molecule has 6 aliphatic rings. The first-order valence-corrected chi connectivity index (χ1v) is 16.2. The van der Waals surface area contributed by atoms with E-state index in [1.165, 1.54) is 11.2 Å². The Bertz CT molecular complexity index is 1730. The Labute approximate surface area is 261 Å². The van der Waals surface area contributed by atoms with Crippen LogP contribution in [0.2, 0.25) is 0 Å². The Morgan fingerprint density at radius 2 is 1.73 bits per heavy atom. The van der Waals surface area contributed by atoms with E-state index in [0.717, 1.165) is 70.6 Å². The minimum Gasteiger partial charge on any atom is -1.00 e. The molecule has 4 fully saturated rings. The third-order valence-electron chi connectivity index (χ3n) is 10.9. The van der Waals surface area contributed by atoms with Gasteiger partial charge in [0.2, 0.25) is 5.91 Å². The van der Waals surface area contributed by atoms with E-state index in [0.29, 0.717) is 23.2 Å². The number of amides is 2. The molecule has 6 heterocycles. The fourth-order valence-electron chi connectivity index (χ4n) is 8.50. The van der Waals surface area contributed by atoms with E-state index in [2.05, 4.69) is 0 Å². The van der Waals surface area contributed by atoms with Gasteiger partial charge in [-0.15, -0.1) is 0 Å². The standard InChI is InChI=1S/C30H35N5O7S.ClH/c1-17-21(28(30(39)40)33-27(17)25(18(2)36)29(33)38)14-32-22-5-3-4-20-19(6-7-23(26(20)22)43(32,41)42)15-34-8-11-35(12-9-34,13-10-34)16-24(31)37;/h3-7,17-18,25,27,36H,8-16H2,1-2H3,(H-2,31,37,39,40);1H/t17-,18+,25+,27+,34?,35?;/m0./s1. The predicted molar refractivity (Wildman–Crippen MR) is 153 cm³/mol. The van der Waals surface area contributed by atoms with Crippen molar-refractivity contribution < 1.29 is 54.4 Å². The summed E-state index contributed by atoms with van der Waals surface area (Å²) in [5.74, 6) is -3.53. The molecule has 44 heavy (non-hydrogen) atoms. The van der Waals surface area contributed by atoms with Gasteiger partial charge < -0.3 is 47.0 Å². The van der Waals surface area contributed by atoms with Crippen molar-refractivity contribution in [2.75, 3.05) is 56.7 Å². The van der Waals surface area contributed by atoms with Crippen LogP contribution >= 0.6 is 0 Å². The van der Waals surface area contributed by atoms with E-state index < -0.39 is 45.9 Å². The van der Waals surface area contributed by atoms with Gasteiger partial charge in [-0.1, -0.05) is 25.1 Å². The highest BCUT2D eigenvalue weighted by Crippen LogP contribution is 2.50. The number of nitrogens with zero attached hydrogens (tertiary/aromatic N) is 4. The Kier molecular flexibility index (Phi) is 7.10. The molecule has 2 aromatic carbocycles. The number of piperazine rings is 3. The van der Waals surface area contributed by atoms with Gasteiger partial charge in [0.05, 0.1) is 46.9 Å². The van der Waals surface area contributed by atoms with E-state index in [-0.39, 0.29) is 35.5 Å². The summed E-state index contributed by atoms with van der Waals surface area (Å²) in [7, 11) is -4.02. The van der Waals surface area contributed by atoms with E-state index >= 15 is 0 Å². The van der Waals surface area contributed by atoms with E-state index in [4.69, 9.17) is 5.73 Å². The molecule has 0 spiro atoms. The normalized spacial score (nSPS) is 32.0. The maximum absolute atomic E-state index is 14.0. The molecule has 12 nitrogen and oxygen atoms in total. The van der Waals surface area contributed by atoms with Gasteiger partial charge in [0, 0.05) is 16.9 Å². The number of β-lactam (4-membered cyclic amide) rings is 1. The second-order valence-corrected chi connectivity index (χ2v) is 15.0. The SMILES string of the molecule is C[C@@H](O)[C@H]1C(=O)N2C(C(=O)[O-])=C(CN3c4cccc5c(C[N+]67CC[N+](CC(N)=O)(CC6)CC7)ccc(c45)S3(=O)=O)[C@H](C)[C@H]12.[Cl-]. The summed E-state index contributed by atoms with van der Waals surface area (Å²) in [6.07, 6.45) is -0.963. The van der Waals surface area contributed by atoms with Gasteiger partial charge in [-0.2, -0.15) is 0 Å². The molecule has 2 amide bonds. The highest BCUT2D eigenvalue weighted by molar-refractivity contribution is 7.93. The molecule has 0 aromatic heterocycles. The molecule has 3 N–H and O–H groups in total. The summed E-state index contributed by atoms with van der Waals surface area (Å²) in [6, 6.07) is 8.50. The smallest absolute Gasteiger partial charge is 0.272 e. The first-order chi connectivity index (χ1) is 20.3. The van der Waals surface area contributed by atoms with Crippen molar-refractivity contribution in [3.05, 3.63) is 47.2 Å². The molecule has 6 aliphatic heterocycles. The number of carbonyl (C=O) groups excluding carboxylic acids is 3. The molecule has 8 rings (SSSR count). The number of benzene rings is 2. The number of nitrogens with two attached hydrogens (primary N) is 1. The monoisotopic (exact) mass is 645 g/mol. The second-order valence-electron chi connectivity index (χ2n) is 13.2. The van der Waals surface area contributed by atoms with Crippen molar-refractivity contribution in [2.45, 2.75) is 37.4 Å². The van der Waals surface area contributed by atoms with Gasteiger partial charge in [-0.25, -0.2) is 8.42 Å². The van der Waals surface area contributed by atoms with Crippen LogP contribution in [0.4, 0.5) is 5.69 Å². The summed E-state index contributed by atoms with van der Waals surface area (Å²) in [6.45, 7) is 9.56. The predicted octanol–water partition coefficient (Wildman–Crippen LogP) is -4.14. The maximum atomic E-state index is 14.0. The number of primary amides is 1. The minimum atomic E-state index is -4.02. The van der Waals surface area contributed by atoms with Crippen molar-refractivity contribution in [1.82, 2.24) is 4.90 Å². The zero-order valence-corrected chi connectivity index (χ0v) is 26.2. The van der Waals surface area contributed by atoms with Gasteiger partial charge in [0.15, 0.2) is 6.54 Å². The zero-order chi connectivity index (χ0) is 30.6. The number of carboxylic acid groups (broad SMARTS) is 1. The lowest BCUT2D eigenvalue weighted by Crippen LogP contribution is -3.00. The van der Waals surface area contributed by atoms with E-state index in [1.54, 1.807) is 19.1 Å². The molecule has 4 saturated heterocycles. The van der Waals surface area contributed by atoms with Crippen LogP contribution in [0.25, 0.3) is 10.8 Å². The molecule has 0 radical (unpaired) electrons. The van der Waals surface area contributed by atoms with Crippen LogP contribution in [0.3, 0.4) is 0 Å². The number of aliphatic hydroxyl groups is 1. The number of aliphatic hydroxyl groups excluding tert-OH is 1. The number of rotatable bonds is 8. The lowest BCUT2D eigenvalue weighted by Gasteiger charge is -2.55. The third-order valence-corrected chi connectivity index (χ3v) is 12.7. The van der Waals surface area contributed by atoms with Gasteiger partial charge in [0.1, 0.15) is 45.8 Å². The lowest BCUT2D eigenvalue weighted by molar-refractivity contribution is -1.08. The molecule has 236 valence electrons. The molecular weight excluding hydrogens is 610 g/mol. The fourth-order valence-corrected chi connectivity index (χ4v) is 10.2. The maximum Gasteiger partial charge on any atom is 0.272 e. The van der Waals surface area contributed by atoms with Crippen LogP contribution in [0, 0.1) is 11.8 Å². The van der Waals surface area contributed by atoms with E-state index in [9.17, 15) is 33.0 Å². The second kappa shape index (κ2) is 10.1. The van der Waals surface area contributed by atoms with Crippen LogP contribution in [-0.4, -0.2) is 110 Å². The minimum absolute atomic E-state index is 0. The van der Waals surface area contributed by atoms with Crippen molar-refractivity contribution in [3.63, 3.8) is 0 Å². The molecule has 2 bridgehead atoms. The first kappa shape index (κ1) is 30.8. The van der Waals surface area contributed by atoms with Crippen LogP contribution in [0.5, 0.6) is 0 Å². The number of hydrogen-bond acceptors (Lipinski definition) is 7. The molecular formula is C30H36ClN5O7S. The van der Waals surface area contributed by atoms with Gasteiger partial charge in [0.25, 0.3) is 15.9 Å². The summed E-state index contributed by atoms with van der Waals surface area (Å²) in [5.41, 5.74) is 7.07. The number of hydrogen-bond donors (Lipinski definition) is 2. The molecule has 0 unspecified atom stereocenters. The van der Waals surface area contributed by atoms with Gasteiger partial charge >= 0.3 is 0 Å². The Morgan fingerprint density at radius 3 is 2.32 bits per heavy atom.